The van der Waals surface area contributed by atoms with Crippen LogP contribution in [0.5, 0.6) is 0 Å². The molecule has 2 aromatic rings. The molecule has 1 aliphatic rings. The Kier molecular flexibility index (Phi) is 5.71. The van der Waals surface area contributed by atoms with Crippen molar-refractivity contribution < 1.29 is 14.3 Å². The van der Waals surface area contributed by atoms with Crippen molar-refractivity contribution in [1.82, 2.24) is 9.88 Å². The van der Waals surface area contributed by atoms with Crippen LogP contribution < -0.4 is 0 Å². The van der Waals surface area contributed by atoms with E-state index in [1.165, 1.54) is 11.3 Å². The predicted octanol–water partition coefficient (Wildman–Crippen LogP) is 4.06. The molecule has 1 aromatic carbocycles. The van der Waals surface area contributed by atoms with Gasteiger partial charge in [0.25, 0.3) is 5.91 Å². The third kappa shape index (κ3) is 3.96. The Morgan fingerprint density at radius 3 is 2.50 bits per heavy atom. The molecule has 1 amide bonds. The number of esters is 1. The SMILES string of the molecule is Cc1nc(-c2ccccc2)c(C(=O)OCC(=O)N2[C@H](C)CCC[C@H]2C)s1. The summed E-state index contributed by atoms with van der Waals surface area (Å²) in [6, 6.07) is 9.93. The lowest BCUT2D eigenvalue weighted by Crippen LogP contribution is -2.49. The molecule has 6 heteroatoms. The van der Waals surface area contributed by atoms with Crippen molar-refractivity contribution in [3.63, 3.8) is 0 Å². The highest BCUT2D eigenvalue weighted by molar-refractivity contribution is 7.14. The van der Waals surface area contributed by atoms with Crippen molar-refractivity contribution in [1.29, 1.82) is 0 Å². The first-order chi connectivity index (χ1) is 12.5. The first kappa shape index (κ1) is 18.6. The van der Waals surface area contributed by atoms with Gasteiger partial charge in [-0.1, -0.05) is 30.3 Å². The van der Waals surface area contributed by atoms with Crippen LogP contribution in [0.25, 0.3) is 11.3 Å². The number of aryl methyl sites for hydroxylation is 1. The van der Waals surface area contributed by atoms with Crippen molar-refractivity contribution in [3.05, 3.63) is 40.2 Å². The number of thiazole rings is 1. The lowest BCUT2D eigenvalue weighted by Gasteiger charge is -2.38. The van der Waals surface area contributed by atoms with Crippen LogP contribution in [0.1, 0.15) is 47.8 Å². The van der Waals surface area contributed by atoms with Gasteiger partial charge in [0.15, 0.2) is 6.61 Å². The average Bonchev–Trinajstić information content (AvgIpc) is 3.02. The molecule has 1 aliphatic heterocycles. The Morgan fingerprint density at radius 1 is 1.19 bits per heavy atom. The second-order valence-corrected chi connectivity index (χ2v) is 7.99. The van der Waals surface area contributed by atoms with Crippen LogP contribution in [-0.2, 0) is 9.53 Å². The number of hydrogen-bond acceptors (Lipinski definition) is 5. The molecule has 0 radical (unpaired) electrons. The van der Waals surface area contributed by atoms with Crippen LogP contribution in [0, 0.1) is 6.92 Å². The molecule has 1 saturated heterocycles. The molecule has 0 unspecified atom stereocenters. The molecule has 0 N–H and O–H groups in total. The minimum Gasteiger partial charge on any atom is -0.451 e. The van der Waals surface area contributed by atoms with E-state index in [4.69, 9.17) is 4.74 Å². The Labute approximate surface area is 158 Å². The number of carbonyl (C=O) groups excluding carboxylic acids is 2. The summed E-state index contributed by atoms with van der Waals surface area (Å²) in [6.07, 6.45) is 3.12. The molecule has 0 bridgehead atoms. The molecule has 1 fully saturated rings. The summed E-state index contributed by atoms with van der Waals surface area (Å²) in [5.41, 5.74) is 1.48. The van der Waals surface area contributed by atoms with Crippen LogP contribution >= 0.6 is 11.3 Å². The highest BCUT2D eigenvalue weighted by Crippen LogP contribution is 2.29. The van der Waals surface area contributed by atoms with Crippen LogP contribution in [0.4, 0.5) is 0 Å². The smallest absolute Gasteiger partial charge is 0.351 e. The maximum Gasteiger partial charge on any atom is 0.351 e. The van der Waals surface area contributed by atoms with Crippen molar-refractivity contribution in [3.8, 4) is 11.3 Å². The number of carbonyl (C=O) groups is 2. The largest absolute Gasteiger partial charge is 0.451 e. The zero-order valence-corrected chi connectivity index (χ0v) is 16.2. The second kappa shape index (κ2) is 7.99. The highest BCUT2D eigenvalue weighted by atomic mass is 32.1. The monoisotopic (exact) mass is 372 g/mol. The van der Waals surface area contributed by atoms with Crippen molar-refractivity contribution in [2.45, 2.75) is 52.1 Å². The Hall–Kier alpha value is -2.21. The summed E-state index contributed by atoms with van der Waals surface area (Å²) < 4.78 is 5.36. The Morgan fingerprint density at radius 2 is 1.85 bits per heavy atom. The number of rotatable bonds is 4. The summed E-state index contributed by atoms with van der Waals surface area (Å²) in [6.45, 7) is 5.74. The number of aromatic nitrogens is 1. The number of likely N-dealkylation sites (tertiary alicyclic amines) is 1. The van der Waals surface area contributed by atoms with Gasteiger partial charge < -0.3 is 9.64 Å². The van der Waals surface area contributed by atoms with Gasteiger partial charge in [0.2, 0.25) is 0 Å². The molecule has 1 aromatic heterocycles. The first-order valence-corrected chi connectivity index (χ1v) is 9.80. The van der Waals surface area contributed by atoms with E-state index in [9.17, 15) is 9.59 Å². The molecule has 0 spiro atoms. The molecule has 0 aliphatic carbocycles. The van der Waals surface area contributed by atoms with E-state index < -0.39 is 5.97 Å². The van der Waals surface area contributed by atoms with Gasteiger partial charge in [-0.15, -0.1) is 11.3 Å². The van der Waals surface area contributed by atoms with Gasteiger partial charge in [0.05, 0.1) is 10.7 Å². The molecule has 2 atom stereocenters. The summed E-state index contributed by atoms with van der Waals surface area (Å²) in [7, 11) is 0. The Bertz CT molecular complexity index is 778. The summed E-state index contributed by atoms with van der Waals surface area (Å²) >= 11 is 1.30. The van der Waals surface area contributed by atoms with E-state index in [1.807, 2.05) is 42.2 Å². The summed E-state index contributed by atoms with van der Waals surface area (Å²) in [5.74, 6) is -0.610. The van der Waals surface area contributed by atoms with Gasteiger partial charge in [0.1, 0.15) is 4.88 Å². The third-order valence-electron chi connectivity index (χ3n) is 4.77. The number of hydrogen-bond donors (Lipinski definition) is 0. The van der Waals surface area contributed by atoms with Gasteiger partial charge >= 0.3 is 5.97 Å². The van der Waals surface area contributed by atoms with E-state index in [0.29, 0.717) is 10.6 Å². The first-order valence-electron chi connectivity index (χ1n) is 8.98. The van der Waals surface area contributed by atoms with Gasteiger partial charge in [-0.25, -0.2) is 9.78 Å². The zero-order chi connectivity index (χ0) is 18.7. The second-order valence-electron chi connectivity index (χ2n) is 6.78. The van der Waals surface area contributed by atoms with Crippen LogP contribution in [0.3, 0.4) is 0 Å². The normalized spacial score (nSPS) is 20.0. The van der Waals surface area contributed by atoms with Crippen LogP contribution in [0.15, 0.2) is 30.3 Å². The van der Waals surface area contributed by atoms with E-state index in [0.717, 1.165) is 29.8 Å². The quantitative estimate of drug-likeness (QED) is 0.759. The molecule has 138 valence electrons. The fraction of sp³-hybridized carbons (Fsp3) is 0.450. The molecule has 2 heterocycles. The minimum atomic E-state index is -0.486. The van der Waals surface area contributed by atoms with Crippen LogP contribution in [0.2, 0.25) is 0 Å². The van der Waals surface area contributed by atoms with Crippen LogP contribution in [-0.4, -0.2) is 40.5 Å². The number of amides is 1. The lowest BCUT2D eigenvalue weighted by molar-refractivity contribution is -0.140. The predicted molar refractivity (Wildman–Crippen MR) is 102 cm³/mol. The van der Waals surface area contributed by atoms with Crippen molar-refractivity contribution >= 4 is 23.2 Å². The lowest BCUT2D eigenvalue weighted by atomic mass is 9.97. The molecule has 0 saturated carbocycles. The minimum absolute atomic E-state index is 0.124. The summed E-state index contributed by atoms with van der Waals surface area (Å²) in [4.78, 5) is 31.9. The maximum absolute atomic E-state index is 12.6. The maximum atomic E-state index is 12.6. The molecular formula is C20H24N2O3S. The molecular weight excluding hydrogens is 348 g/mol. The van der Waals surface area contributed by atoms with Crippen molar-refractivity contribution in [2.75, 3.05) is 6.61 Å². The van der Waals surface area contributed by atoms with Gasteiger partial charge in [0, 0.05) is 17.6 Å². The van der Waals surface area contributed by atoms with Crippen molar-refractivity contribution in [2.24, 2.45) is 0 Å². The van der Waals surface area contributed by atoms with Gasteiger partial charge in [-0.3, -0.25) is 4.79 Å². The zero-order valence-electron chi connectivity index (χ0n) is 15.4. The third-order valence-corrected chi connectivity index (χ3v) is 5.73. The fourth-order valence-electron chi connectivity index (χ4n) is 3.54. The van der Waals surface area contributed by atoms with E-state index in [2.05, 4.69) is 18.8 Å². The molecule has 26 heavy (non-hydrogen) atoms. The topological polar surface area (TPSA) is 59.5 Å². The van der Waals surface area contributed by atoms with E-state index >= 15 is 0 Å². The highest BCUT2D eigenvalue weighted by Gasteiger charge is 2.30. The summed E-state index contributed by atoms with van der Waals surface area (Å²) in [5, 5.41) is 0.792. The molecule has 3 rings (SSSR count). The van der Waals surface area contributed by atoms with Gasteiger partial charge in [-0.05, 0) is 40.0 Å². The number of ether oxygens (including phenoxy) is 1. The average molecular weight is 372 g/mol. The molecule has 5 nitrogen and oxygen atoms in total. The van der Waals surface area contributed by atoms with E-state index in [-0.39, 0.29) is 24.6 Å². The standard InChI is InChI=1S/C20H24N2O3S/c1-13-8-7-9-14(2)22(13)17(23)12-25-20(24)19-18(21-15(3)26-19)16-10-5-4-6-11-16/h4-6,10-11,13-14H,7-9,12H2,1-3H3/t13-,14-/m1/s1. The fourth-order valence-corrected chi connectivity index (χ4v) is 4.37. The van der Waals surface area contributed by atoms with E-state index in [1.54, 1.807) is 0 Å². The van der Waals surface area contributed by atoms with Gasteiger partial charge in [-0.2, -0.15) is 0 Å². The number of benzene rings is 1. The number of nitrogens with zero attached hydrogens (tertiary/aromatic N) is 2. The number of piperidine rings is 1. The Balaban J connectivity index is 1.70.